The summed E-state index contributed by atoms with van der Waals surface area (Å²) in [4.78, 5) is 12.7. The van der Waals surface area contributed by atoms with Gasteiger partial charge in [0.15, 0.2) is 0 Å². The molecule has 29 heavy (non-hydrogen) atoms. The number of benzene rings is 2. The number of carbonyl (C=O) groups is 1. The number of fused-ring (bicyclic) bond motifs is 1. The fourth-order valence-electron chi connectivity index (χ4n) is 4.36. The van der Waals surface area contributed by atoms with Crippen LogP contribution in [0.5, 0.6) is 0 Å². The predicted octanol–water partition coefficient (Wildman–Crippen LogP) is 4.26. The van der Waals surface area contributed by atoms with Crippen LogP contribution in [-0.2, 0) is 27.8 Å². The van der Waals surface area contributed by atoms with Crippen molar-refractivity contribution >= 4 is 21.6 Å². The molecule has 154 valence electrons. The van der Waals surface area contributed by atoms with Crippen molar-refractivity contribution in [2.75, 3.05) is 11.9 Å². The summed E-state index contributed by atoms with van der Waals surface area (Å²) < 4.78 is 27.6. The van der Waals surface area contributed by atoms with Crippen molar-refractivity contribution in [2.24, 2.45) is 5.92 Å². The molecule has 1 heterocycles. The van der Waals surface area contributed by atoms with Gasteiger partial charge >= 0.3 is 0 Å². The molecule has 0 atom stereocenters. The number of carbonyl (C=O) groups excluding carboxylic acids is 1. The van der Waals surface area contributed by atoms with Crippen LogP contribution < -0.4 is 5.32 Å². The molecule has 1 aliphatic heterocycles. The highest BCUT2D eigenvalue weighted by Gasteiger charge is 2.28. The molecule has 0 saturated heterocycles. The molecule has 0 bridgehead atoms. The molecular weight excluding hydrogens is 384 g/mol. The van der Waals surface area contributed by atoms with E-state index in [9.17, 15) is 13.2 Å². The molecule has 2 aromatic carbocycles. The normalized spacial score (nSPS) is 17.8. The highest BCUT2D eigenvalue weighted by atomic mass is 32.2. The summed E-state index contributed by atoms with van der Waals surface area (Å²) in [7, 11) is -3.53. The standard InChI is InChI=1S/C23H28N2O3S/c1-17-6-10-22(11-7-17)29(27,28)25-13-12-19-8-9-21(15-20(19)16-25)24-23(26)14-18-4-2-3-5-18/h6-11,15,18H,2-5,12-14,16H2,1H3,(H,24,26). The van der Waals surface area contributed by atoms with Crippen molar-refractivity contribution in [2.45, 2.75) is 56.9 Å². The molecule has 0 radical (unpaired) electrons. The Labute approximate surface area is 173 Å². The van der Waals surface area contributed by atoms with Gasteiger partial charge in [-0.2, -0.15) is 4.31 Å². The molecule has 5 nitrogen and oxygen atoms in total. The average Bonchev–Trinajstić information content (AvgIpc) is 3.20. The summed E-state index contributed by atoms with van der Waals surface area (Å²) >= 11 is 0. The second-order valence-corrected chi connectivity index (χ2v) is 10.2. The van der Waals surface area contributed by atoms with E-state index in [1.807, 2.05) is 37.3 Å². The van der Waals surface area contributed by atoms with Crippen LogP contribution >= 0.6 is 0 Å². The van der Waals surface area contributed by atoms with Crippen molar-refractivity contribution in [3.8, 4) is 0 Å². The maximum absolute atomic E-state index is 13.0. The monoisotopic (exact) mass is 412 g/mol. The number of nitrogens with one attached hydrogen (secondary N) is 1. The summed E-state index contributed by atoms with van der Waals surface area (Å²) in [5.74, 6) is 0.555. The summed E-state index contributed by atoms with van der Waals surface area (Å²) in [5.41, 5.74) is 3.90. The van der Waals surface area contributed by atoms with E-state index in [1.165, 1.54) is 17.1 Å². The lowest BCUT2D eigenvalue weighted by Crippen LogP contribution is -2.36. The fraction of sp³-hybridized carbons (Fsp3) is 0.435. The van der Waals surface area contributed by atoms with Crippen molar-refractivity contribution in [3.05, 3.63) is 59.2 Å². The summed E-state index contributed by atoms with van der Waals surface area (Å²) in [6.07, 6.45) is 5.98. The Balaban J connectivity index is 1.47. The molecular formula is C23H28N2O3S. The quantitative estimate of drug-likeness (QED) is 0.798. The number of aryl methyl sites for hydroxylation is 1. The largest absolute Gasteiger partial charge is 0.326 e. The van der Waals surface area contributed by atoms with E-state index in [-0.39, 0.29) is 5.91 Å². The first-order chi connectivity index (χ1) is 13.9. The molecule has 0 aromatic heterocycles. The van der Waals surface area contributed by atoms with E-state index in [2.05, 4.69) is 5.32 Å². The third-order valence-electron chi connectivity index (χ3n) is 6.07. The van der Waals surface area contributed by atoms with Gasteiger partial charge in [0.25, 0.3) is 0 Å². The van der Waals surface area contributed by atoms with Crippen molar-refractivity contribution in [1.82, 2.24) is 4.31 Å². The Bertz CT molecular complexity index is 993. The molecule has 4 rings (SSSR count). The molecule has 2 aromatic rings. The Hall–Kier alpha value is -2.18. The third-order valence-corrected chi connectivity index (χ3v) is 7.93. The van der Waals surface area contributed by atoms with E-state index in [0.29, 0.717) is 36.7 Å². The van der Waals surface area contributed by atoms with Gasteiger partial charge < -0.3 is 5.32 Å². The lowest BCUT2D eigenvalue weighted by molar-refractivity contribution is -0.117. The van der Waals surface area contributed by atoms with E-state index in [1.54, 1.807) is 12.1 Å². The number of amides is 1. The highest BCUT2D eigenvalue weighted by Crippen LogP contribution is 2.29. The first kappa shape index (κ1) is 20.1. The first-order valence-corrected chi connectivity index (χ1v) is 11.8. The van der Waals surface area contributed by atoms with Crippen molar-refractivity contribution in [3.63, 3.8) is 0 Å². The van der Waals surface area contributed by atoms with Gasteiger partial charge in [0.2, 0.25) is 15.9 Å². The molecule has 2 aliphatic rings. The van der Waals surface area contributed by atoms with Gasteiger partial charge in [0.1, 0.15) is 0 Å². The number of anilines is 1. The minimum atomic E-state index is -3.53. The zero-order valence-corrected chi connectivity index (χ0v) is 17.7. The molecule has 1 aliphatic carbocycles. The number of hydrogen-bond donors (Lipinski definition) is 1. The van der Waals surface area contributed by atoms with Crippen LogP contribution in [0.15, 0.2) is 47.4 Å². The van der Waals surface area contributed by atoms with Crippen LogP contribution in [0.1, 0.15) is 48.8 Å². The molecule has 6 heteroatoms. The van der Waals surface area contributed by atoms with Crippen molar-refractivity contribution < 1.29 is 13.2 Å². The van der Waals surface area contributed by atoms with Crippen LogP contribution in [-0.4, -0.2) is 25.2 Å². The molecule has 1 amide bonds. The zero-order valence-electron chi connectivity index (χ0n) is 16.9. The van der Waals surface area contributed by atoms with Gasteiger partial charge in [-0.15, -0.1) is 0 Å². The second-order valence-electron chi connectivity index (χ2n) is 8.29. The topological polar surface area (TPSA) is 66.5 Å². The van der Waals surface area contributed by atoms with Crippen LogP contribution in [0, 0.1) is 12.8 Å². The SMILES string of the molecule is Cc1ccc(S(=O)(=O)N2CCc3ccc(NC(=O)CC4CCCC4)cc3C2)cc1. The third kappa shape index (κ3) is 4.54. The fourth-order valence-corrected chi connectivity index (χ4v) is 5.78. The van der Waals surface area contributed by atoms with Gasteiger partial charge in [0, 0.05) is 25.2 Å². The minimum absolute atomic E-state index is 0.0526. The Kier molecular flexibility index (Phi) is 5.74. The van der Waals surface area contributed by atoms with Gasteiger partial charge in [0.05, 0.1) is 4.90 Å². The summed E-state index contributed by atoms with van der Waals surface area (Å²) in [5, 5.41) is 3.00. The van der Waals surface area contributed by atoms with Crippen LogP contribution in [0.2, 0.25) is 0 Å². The van der Waals surface area contributed by atoms with E-state index >= 15 is 0 Å². The Morgan fingerprint density at radius 2 is 1.79 bits per heavy atom. The molecule has 0 spiro atoms. The maximum Gasteiger partial charge on any atom is 0.243 e. The van der Waals surface area contributed by atoms with Gasteiger partial charge in [-0.25, -0.2) is 8.42 Å². The van der Waals surface area contributed by atoms with Gasteiger partial charge in [-0.3, -0.25) is 4.79 Å². The van der Waals surface area contributed by atoms with Crippen molar-refractivity contribution in [1.29, 1.82) is 0 Å². The van der Waals surface area contributed by atoms with Crippen LogP contribution in [0.3, 0.4) is 0 Å². The smallest absolute Gasteiger partial charge is 0.243 e. The summed E-state index contributed by atoms with van der Waals surface area (Å²) in [6.45, 7) is 2.74. The zero-order chi connectivity index (χ0) is 20.4. The lowest BCUT2D eigenvalue weighted by Gasteiger charge is -2.28. The van der Waals surface area contributed by atoms with E-state index < -0.39 is 10.0 Å². The molecule has 1 saturated carbocycles. The molecule has 1 N–H and O–H groups in total. The minimum Gasteiger partial charge on any atom is -0.326 e. The number of nitrogens with zero attached hydrogens (tertiary/aromatic N) is 1. The Morgan fingerprint density at radius 1 is 1.07 bits per heavy atom. The summed E-state index contributed by atoms with van der Waals surface area (Å²) in [6, 6.07) is 12.8. The van der Waals surface area contributed by atoms with E-state index in [0.717, 1.165) is 35.2 Å². The average molecular weight is 413 g/mol. The number of sulfonamides is 1. The van der Waals surface area contributed by atoms with Crippen LogP contribution in [0.25, 0.3) is 0 Å². The predicted molar refractivity (Wildman–Crippen MR) is 114 cm³/mol. The van der Waals surface area contributed by atoms with Gasteiger partial charge in [-0.05, 0) is 67.5 Å². The number of rotatable bonds is 5. The van der Waals surface area contributed by atoms with E-state index in [4.69, 9.17) is 0 Å². The molecule has 1 fully saturated rings. The van der Waals surface area contributed by atoms with Crippen LogP contribution in [0.4, 0.5) is 5.69 Å². The Morgan fingerprint density at radius 3 is 2.52 bits per heavy atom. The maximum atomic E-state index is 13.0. The second kappa shape index (κ2) is 8.28. The highest BCUT2D eigenvalue weighted by molar-refractivity contribution is 7.89. The number of hydrogen-bond acceptors (Lipinski definition) is 3. The van der Waals surface area contributed by atoms with Gasteiger partial charge in [-0.1, -0.05) is 36.6 Å². The molecule has 0 unspecified atom stereocenters. The first-order valence-electron chi connectivity index (χ1n) is 10.4. The lowest BCUT2D eigenvalue weighted by atomic mass is 10.00.